The van der Waals surface area contributed by atoms with Crippen LogP contribution in [0, 0.1) is 0 Å². The third-order valence-corrected chi connectivity index (χ3v) is 3.43. The average molecular weight is 271 g/mol. The maximum atomic E-state index is 9.29. The molecule has 0 amide bonds. The molecule has 0 aliphatic heterocycles. The van der Waals surface area contributed by atoms with Gasteiger partial charge in [0.15, 0.2) is 0 Å². The van der Waals surface area contributed by atoms with Gasteiger partial charge in [-0.3, -0.25) is 0 Å². The first-order valence-corrected chi connectivity index (χ1v) is 6.85. The number of benzene rings is 2. The van der Waals surface area contributed by atoms with Gasteiger partial charge in [-0.1, -0.05) is 30.3 Å². The van der Waals surface area contributed by atoms with Crippen LogP contribution < -0.4 is 10.1 Å². The van der Waals surface area contributed by atoms with E-state index in [2.05, 4.69) is 18.3 Å². The topological polar surface area (TPSA) is 41.5 Å². The van der Waals surface area contributed by atoms with Crippen molar-refractivity contribution in [1.82, 2.24) is 5.32 Å². The Morgan fingerprint density at radius 2 is 1.80 bits per heavy atom. The van der Waals surface area contributed by atoms with Gasteiger partial charge < -0.3 is 15.2 Å². The first-order chi connectivity index (χ1) is 9.70. The summed E-state index contributed by atoms with van der Waals surface area (Å²) in [5.41, 5.74) is 2.38. The van der Waals surface area contributed by atoms with E-state index in [0.717, 1.165) is 18.7 Å². The van der Waals surface area contributed by atoms with E-state index in [-0.39, 0.29) is 6.04 Å². The fourth-order valence-electron chi connectivity index (χ4n) is 2.21. The zero-order chi connectivity index (χ0) is 14.4. The summed E-state index contributed by atoms with van der Waals surface area (Å²) in [5, 5.41) is 12.8. The van der Waals surface area contributed by atoms with E-state index in [0.29, 0.717) is 5.75 Å². The van der Waals surface area contributed by atoms with Crippen LogP contribution in [0.1, 0.15) is 24.1 Å². The molecule has 2 aromatic carbocycles. The van der Waals surface area contributed by atoms with Crippen molar-refractivity contribution >= 4 is 0 Å². The minimum atomic E-state index is 0.255. The van der Waals surface area contributed by atoms with Gasteiger partial charge in [0.25, 0.3) is 0 Å². The summed E-state index contributed by atoms with van der Waals surface area (Å²) in [4.78, 5) is 0. The van der Waals surface area contributed by atoms with Crippen LogP contribution in [0.25, 0.3) is 0 Å². The Kier molecular flexibility index (Phi) is 5.02. The molecule has 3 heteroatoms. The largest absolute Gasteiger partial charge is 0.508 e. The highest BCUT2D eigenvalue weighted by Gasteiger charge is 2.06. The Morgan fingerprint density at radius 3 is 2.50 bits per heavy atom. The number of nitrogens with one attached hydrogen (secondary N) is 1. The number of phenols is 1. The van der Waals surface area contributed by atoms with Gasteiger partial charge in [-0.2, -0.15) is 0 Å². The van der Waals surface area contributed by atoms with Gasteiger partial charge in [-0.05, 0) is 49.2 Å². The predicted octanol–water partition coefficient (Wildman–Crippen LogP) is 3.29. The van der Waals surface area contributed by atoms with Crippen molar-refractivity contribution in [2.24, 2.45) is 0 Å². The van der Waals surface area contributed by atoms with Gasteiger partial charge in [0.05, 0.1) is 7.11 Å². The van der Waals surface area contributed by atoms with Gasteiger partial charge in [0, 0.05) is 6.04 Å². The van der Waals surface area contributed by atoms with Crippen molar-refractivity contribution < 1.29 is 9.84 Å². The second-order valence-corrected chi connectivity index (χ2v) is 4.83. The number of rotatable bonds is 6. The summed E-state index contributed by atoms with van der Waals surface area (Å²) >= 11 is 0. The number of hydrogen-bond donors (Lipinski definition) is 2. The normalized spacial score (nSPS) is 12.1. The molecule has 0 saturated heterocycles. The number of phenolic OH excluding ortho intramolecular Hbond substituents is 1. The first kappa shape index (κ1) is 14.4. The van der Waals surface area contributed by atoms with Crippen molar-refractivity contribution in [3.05, 3.63) is 59.7 Å². The molecule has 0 fully saturated rings. The summed E-state index contributed by atoms with van der Waals surface area (Å²) in [6, 6.07) is 15.7. The molecule has 1 atom stereocenters. The Bertz CT molecular complexity index is 537. The lowest BCUT2D eigenvalue weighted by molar-refractivity contribution is 0.408. The van der Waals surface area contributed by atoms with E-state index in [4.69, 9.17) is 4.74 Å². The van der Waals surface area contributed by atoms with E-state index in [9.17, 15) is 5.11 Å². The van der Waals surface area contributed by atoms with Gasteiger partial charge >= 0.3 is 0 Å². The highest BCUT2D eigenvalue weighted by molar-refractivity contribution is 5.33. The molecular weight excluding hydrogens is 250 g/mol. The quantitative estimate of drug-likeness (QED) is 0.847. The fourth-order valence-corrected chi connectivity index (χ4v) is 2.21. The molecule has 1 unspecified atom stereocenters. The van der Waals surface area contributed by atoms with Crippen molar-refractivity contribution in [2.45, 2.75) is 19.4 Å². The number of ether oxygens (including phenoxy) is 1. The second kappa shape index (κ2) is 6.96. The minimum absolute atomic E-state index is 0.255. The molecule has 0 saturated carbocycles. The molecule has 0 spiro atoms. The molecule has 0 heterocycles. The summed E-state index contributed by atoms with van der Waals surface area (Å²) in [6.07, 6.45) is 0.923. The smallest absolute Gasteiger partial charge is 0.122 e. The van der Waals surface area contributed by atoms with Crippen LogP contribution in [0.5, 0.6) is 11.5 Å². The van der Waals surface area contributed by atoms with E-state index < -0.39 is 0 Å². The van der Waals surface area contributed by atoms with E-state index in [1.165, 1.54) is 11.1 Å². The molecule has 2 aromatic rings. The van der Waals surface area contributed by atoms with E-state index in [1.54, 1.807) is 19.2 Å². The number of para-hydroxylation sites is 1. The van der Waals surface area contributed by atoms with Crippen molar-refractivity contribution in [1.29, 1.82) is 0 Å². The average Bonchev–Trinajstić information content (AvgIpc) is 2.48. The van der Waals surface area contributed by atoms with Crippen LogP contribution >= 0.6 is 0 Å². The van der Waals surface area contributed by atoms with Gasteiger partial charge in [-0.25, -0.2) is 0 Å². The lowest BCUT2D eigenvalue weighted by atomic mass is 10.1. The lowest BCUT2D eigenvalue weighted by Gasteiger charge is -2.15. The lowest BCUT2D eigenvalue weighted by Crippen LogP contribution is -2.21. The first-order valence-electron chi connectivity index (χ1n) is 6.85. The Hall–Kier alpha value is -2.00. The van der Waals surface area contributed by atoms with Gasteiger partial charge in [0.1, 0.15) is 11.5 Å². The third kappa shape index (κ3) is 3.75. The summed E-state index contributed by atoms with van der Waals surface area (Å²) < 4.78 is 5.35. The Labute approximate surface area is 120 Å². The van der Waals surface area contributed by atoms with Crippen molar-refractivity contribution in [3.63, 3.8) is 0 Å². The number of aromatic hydroxyl groups is 1. The summed E-state index contributed by atoms with van der Waals surface area (Å²) in [6.45, 7) is 3.00. The van der Waals surface area contributed by atoms with Crippen LogP contribution in [0.15, 0.2) is 48.5 Å². The van der Waals surface area contributed by atoms with Crippen LogP contribution in [0.4, 0.5) is 0 Å². The van der Waals surface area contributed by atoms with Crippen molar-refractivity contribution in [2.75, 3.05) is 13.7 Å². The van der Waals surface area contributed by atoms with E-state index in [1.807, 2.05) is 30.3 Å². The maximum absolute atomic E-state index is 9.29. The minimum Gasteiger partial charge on any atom is -0.508 e. The monoisotopic (exact) mass is 271 g/mol. The summed E-state index contributed by atoms with van der Waals surface area (Å²) in [7, 11) is 1.70. The number of hydrogen-bond acceptors (Lipinski definition) is 3. The molecule has 106 valence electrons. The molecule has 0 aromatic heterocycles. The Balaban J connectivity index is 1.87. The molecular formula is C17H21NO2. The van der Waals surface area contributed by atoms with Crippen LogP contribution in [-0.2, 0) is 6.42 Å². The second-order valence-electron chi connectivity index (χ2n) is 4.83. The fraction of sp³-hybridized carbons (Fsp3) is 0.294. The van der Waals surface area contributed by atoms with Gasteiger partial charge in [0.2, 0.25) is 0 Å². The van der Waals surface area contributed by atoms with Crippen LogP contribution in [-0.4, -0.2) is 18.8 Å². The predicted molar refractivity (Wildman–Crippen MR) is 81.2 cm³/mol. The van der Waals surface area contributed by atoms with Crippen LogP contribution in [0.3, 0.4) is 0 Å². The molecule has 0 aliphatic rings. The van der Waals surface area contributed by atoms with Crippen LogP contribution in [0.2, 0.25) is 0 Å². The SMILES string of the molecule is COc1ccccc1CCNC(C)c1ccc(O)cc1. The molecule has 0 radical (unpaired) electrons. The molecule has 2 rings (SSSR count). The molecule has 3 nitrogen and oxygen atoms in total. The van der Waals surface area contributed by atoms with Crippen molar-refractivity contribution in [3.8, 4) is 11.5 Å². The van der Waals surface area contributed by atoms with E-state index >= 15 is 0 Å². The molecule has 2 N–H and O–H groups in total. The highest BCUT2D eigenvalue weighted by atomic mass is 16.5. The zero-order valence-corrected chi connectivity index (χ0v) is 12.0. The third-order valence-electron chi connectivity index (χ3n) is 3.43. The number of methoxy groups -OCH3 is 1. The molecule has 0 aliphatic carbocycles. The summed E-state index contributed by atoms with van der Waals surface area (Å²) in [5.74, 6) is 1.24. The molecule has 20 heavy (non-hydrogen) atoms. The zero-order valence-electron chi connectivity index (χ0n) is 12.0. The molecule has 0 bridgehead atoms. The standard InChI is InChI=1S/C17H21NO2/c1-13(14-7-9-16(19)10-8-14)18-12-11-15-5-3-4-6-17(15)20-2/h3-10,13,18-19H,11-12H2,1-2H3. The maximum Gasteiger partial charge on any atom is 0.122 e. The Morgan fingerprint density at radius 1 is 1.10 bits per heavy atom. The van der Waals surface area contributed by atoms with Gasteiger partial charge in [-0.15, -0.1) is 0 Å². The highest BCUT2D eigenvalue weighted by Crippen LogP contribution is 2.19.